The first-order valence-corrected chi connectivity index (χ1v) is 6.55. The molecule has 0 aliphatic carbocycles. The Morgan fingerprint density at radius 1 is 1.44 bits per heavy atom. The van der Waals surface area contributed by atoms with Crippen LogP contribution in [0, 0.1) is 6.92 Å². The lowest BCUT2D eigenvalue weighted by atomic mass is 10.0. The molecule has 2 N–H and O–H groups in total. The van der Waals surface area contributed by atoms with Crippen LogP contribution in [-0.2, 0) is 0 Å². The van der Waals surface area contributed by atoms with Crippen molar-refractivity contribution in [3.05, 3.63) is 33.8 Å². The van der Waals surface area contributed by atoms with Crippen molar-refractivity contribution >= 4 is 15.9 Å². The highest BCUT2D eigenvalue weighted by molar-refractivity contribution is 9.10. The van der Waals surface area contributed by atoms with Crippen LogP contribution in [0.4, 0.5) is 0 Å². The number of halogens is 1. The zero-order valence-corrected chi connectivity index (χ0v) is 11.9. The number of benzene rings is 1. The fraction of sp³-hybridized carbons (Fsp3) is 0.538. The van der Waals surface area contributed by atoms with Crippen LogP contribution in [0.1, 0.15) is 30.5 Å². The molecule has 0 aliphatic rings. The van der Waals surface area contributed by atoms with Gasteiger partial charge in [-0.15, -0.1) is 0 Å². The first kappa shape index (κ1) is 13.7. The molecule has 0 fully saturated rings. The summed E-state index contributed by atoms with van der Waals surface area (Å²) in [6.07, 6.45) is 1.15. The topological polar surface area (TPSA) is 29.3 Å². The van der Waals surface area contributed by atoms with E-state index in [0.29, 0.717) is 12.6 Å². The summed E-state index contributed by atoms with van der Waals surface area (Å²) in [6, 6.07) is 6.76. The van der Waals surface area contributed by atoms with Crippen molar-refractivity contribution < 1.29 is 0 Å². The molecule has 0 radical (unpaired) electrons. The number of nitrogens with two attached hydrogens (primary N) is 1. The molecule has 1 rings (SSSR count). The number of rotatable bonds is 5. The van der Waals surface area contributed by atoms with Crippen LogP contribution >= 0.6 is 15.9 Å². The molecule has 1 aromatic carbocycles. The summed E-state index contributed by atoms with van der Waals surface area (Å²) in [5, 5.41) is 0. The molecule has 90 valence electrons. The lowest BCUT2D eigenvalue weighted by molar-refractivity contribution is 0.250. The van der Waals surface area contributed by atoms with E-state index in [1.54, 1.807) is 0 Å². The number of hydrogen-bond donors (Lipinski definition) is 1. The highest BCUT2D eigenvalue weighted by Crippen LogP contribution is 2.27. The summed E-state index contributed by atoms with van der Waals surface area (Å²) in [4.78, 5) is 2.31. The number of likely N-dealkylation sites (N-methyl/N-ethyl adjacent to an activating group) is 1. The first-order chi connectivity index (χ1) is 7.60. The Morgan fingerprint density at radius 2 is 2.12 bits per heavy atom. The summed E-state index contributed by atoms with van der Waals surface area (Å²) in [5.74, 6) is 0. The molecule has 0 spiro atoms. The molecule has 0 aliphatic heterocycles. The number of hydrogen-bond acceptors (Lipinski definition) is 2. The molecule has 1 unspecified atom stereocenters. The van der Waals surface area contributed by atoms with Crippen LogP contribution < -0.4 is 5.73 Å². The van der Waals surface area contributed by atoms with E-state index in [4.69, 9.17) is 5.73 Å². The third kappa shape index (κ3) is 3.30. The maximum atomic E-state index is 5.88. The molecule has 0 saturated heterocycles. The van der Waals surface area contributed by atoms with Gasteiger partial charge in [0.25, 0.3) is 0 Å². The van der Waals surface area contributed by atoms with E-state index < -0.39 is 0 Å². The van der Waals surface area contributed by atoms with Crippen molar-refractivity contribution in [1.82, 2.24) is 4.90 Å². The van der Waals surface area contributed by atoms with Gasteiger partial charge in [0.2, 0.25) is 0 Å². The molecule has 1 atom stereocenters. The largest absolute Gasteiger partial charge is 0.329 e. The van der Waals surface area contributed by atoms with Crippen molar-refractivity contribution in [2.75, 3.05) is 20.1 Å². The van der Waals surface area contributed by atoms with E-state index in [1.165, 1.54) is 11.1 Å². The normalized spacial score (nSPS) is 13.1. The fourth-order valence-corrected chi connectivity index (χ4v) is 2.71. The van der Waals surface area contributed by atoms with Gasteiger partial charge in [0.05, 0.1) is 0 Å². The fourth-order valence-electron chi connectivity index (χ4n) is 1.96. The van der Waals surface area contributed by atoms with Crippen molar-refractivity contribution in [3.63, 3.8) is 0 Å². The zero-order chi connectivity index (χ0) is 12.1. The predicted octanol–water partition coefficient (Wildman–Crippen LogP) is 3.10. The highest BCUT2D eigenvalue weighted by atomic mass is 79.9. The third-order valence-corrected chi connectivity index (χ3v) is 3.53. The molecule has 3 heteroatoms. The Bertz CT molecular complexity index is 339. The maximum absolute atomic E-state index is 5.88. The van der Waals surface area contributed by atoms with E-state index in [9.17, 15) is 0 Å². The second-order valence-corrected chi connectivity index (χ2v) is 5.11. The molecule has 0 bridgehead atoms. The molecular weight excluding hydrogens is 264 g/mol. The van der Waals surface area contributed by atoms with Crippen molar-refractivity contribution in [2.24, 2.45) is 5.73 Å². The first-order valence-electron chi connectivity index (χ1n) is 5.76. The summed E-state index contributed by atoms with van der Waals surface area (Å²) in [5.41, 5.74) is 8.43. The van der Waals surface area contributed by atoms with Gasteiger partial charge in [-0.1, -0.05) is 35.0 Å². The average molecular weight is 285 g/mol. The van der Waals surface area contributed by atoms with Gasteiger partial charge in [-0.05, 0) is 44.1 Å². The van der Waals surface area contributed by atoms with Crippen LogP contribution in [0.2, 0.25) is 0 Å². The van der Waals surface area contributed by atoms with Crippen molar-refractivity contribution in [3.8, 4) is 0 Å². The van der Waals surface area contributed by atoms with Crippen LogP contribution in [0.25, 0.3) is 0 Å². The minimum atomic E-state index is 0.301. The van der Waals surface area contributed by atoms with Crippen molar-refractivity contribution in [2.45, 2.75) is 26.3 Å². The molecule has 0 aromatic heterocycles. The standard InChI is InChI=1S/C13H21BrN2/c1-4-7-16(3)13(9-15)11-6-5-10(2)8-12(11)14/h5-6,8,13H,4,7,9,15H2,1-3H3. The zero-order valence-electron chi connectivity index (χ0n) is 10.3. The second kappa shape index (κ2) is 6.38. The van der Waals surface area contributed by atoms with Gasteiger partial charge < -0.3 is 5.73 Å². The SMILES string of the molecule is CCCN(C)C(CN)c1ccc(C)cc1Br. The Balaban J connectivity index is 2.94. The third-order valence-electron chi connectivity index (χ3n) is 2.85. The number of nitrogens with zero attached hydrogens (tertiary/aromatic N) is 1. The summed E-state index contributed by atoms with van der Waals surface area (Å²) in [7, 11) is 2.13. The monoisotopic (exact) mass is 284 g/mol. The number of aryl methyl sites for hydroxylation is 1. The molecule has 16 heavy (non-hydrogen) atoms. The minimum absolute atomic E-state index is 0.301. The maximum Gasteiger partial charge on any atom is 0.0478 e. The van der Waals surface area contributed by atoms with Gasteiger partial charge in [0, 0.05) is 17.1 Å². The van der Waals surface area contributed by atoms with E-state index in [1.807, 2.05) is 0 Å². The van der Waals surface area contributed by atoms with E-state index in [-0.39, 0.29) is 0 Å². The molecule has 2 nitrogen and oxygen atoms in total. The van der Waals surface area contributed by atoms with Gasteiger partial charge in [-0.25, -0.2) is 0 Å². The molecule has 0 amide bonds. The molecular formula is C13H21BrN2. The Labute approximate surface area is 107 Å². The van der Waals surface area contributed by atoms with Crippen LogP contribution in [-0.4, -0.2) is 25.0 Å². The second-order valence-electron chi connectivity index (χ2n) is 4.26. The van der Waals surface area contributed by atoms with Crippen LogP contribution in [0.3, 0.4) is 0 Å². The van der Waals surface area contributed by atoms with Gasteiger partial charge in [0.1, 0.15) is 0 Å². The van der Waals surface area contributed by atoms with E-state index in [0.717, 1.165) is 17.4 Å². The molecule has 1 aromatic rings. The van der Waals surface area contributed by atoms with Crippen LogP contribution in [0.15, 0.2) is 22.7 Å². The Hall–Kier alpha value is -0.380. The lowest BCUT2D eigenvalue weighted by Gasteiger charge is -2.27. The van der Waals surface area contributed by atoms with Gasteiger partial charge in [0.15, 0.2) is 0 Å². The van der Waals surface area contributed by atoms with Crippen molar-refractivity contribution in [1.29, 1.82) is 0 Å². The lowest BCUT2D eigenvalue weighted by Crippen LogP contribution is -2.31. The van der Waals surface area contributed by atoms with Gasteiger partial charge in [-0.2, -0.15) is 0 Å². The molecule has 0 saturated carbocycles. The minimum Gasteiger partial charge on any atom is -0.329 e. The van der Waals surface area contributed by atoms with E-state index >= 15 is 0 Å². The van der Waals surface area contributed by atoms with E-state index in [2.05, 4.69) is 59.9 Å². The Morgan fingerprint density at radius 3 is 2.62 bits per heavy atom. The summed E-state index contributed by atoms with van der Waals surface area (Å²) < 4.78 is 1.16. The average Bonchev–Trinajstić information content (AvgIpc) is 2.22. The van der Waals surface area contributed by atoms with Crippen LogP contribution in [0.5, 0.6) is 0 Å². The van der Waals surface area contributed by atoms with Gasteiger partial charge >= 0.3 is 0 Å². The quantitative estimate of drug-likeness (QED) is 0.900. The highest BCUT2D eigenvalue weighted by Gasteiger charge is 2.17. The Kier molecular flexibility index (Phi) is 5.46. The summed E-state index contributed by atoms with van der Waals surface area (Å²) in [6.45, 7) is 6.01. The smallest absolute Gasteiger partial charge is 0.0478 e. The molecule has 0 heterocycles. The van der Waals surface area contributed by atoms with Gasteiger partial charge in [-0.3, -0.25) is 4.90 Å². The predicted molar refractivity (Wildman–Crippen MR) is 73.6 cm³/mol. The summed E-state index contributed by atoms with van der Waals surface area (Å²) >= 11 is 3.63.